The van der Waals surface area contributed by atoms with Gasteiger partial charge in [0.15, 0.2) is 9.84 Å². The highest BCUT2D eigenvalue weighted by Crippen LogP contribution is 2.29. The van der Waals surface area contributed by atoms with Gasteiger partial charge >= 0.3 is 0 Å². The molecule has 0 aliphatic carbocycles. The van der Waals surface area contributed by atoms with E-state index in [9.17, 15) is 12.8 Å². The predicted molar refractivity (Wildman–Crippen MR) is 56.9 cm³/mol. The number of sulfone groups is 1. The first-order valence-electron chi connectivity index (χ1n) is 3.93. The molecule has 2 rings (SSSR count). The zero-order chi connectivity index (χ0) is 11.2. The van der Waals surface area contributed by atoms with Gasteiger partial charge in [-0.1, -0.05) is 0 Å². The van der Waals surface area contributed by atoms with Crippen LogP contribution in [0.25, 0.3) is 10.9 Å². The van der Waals surface area contributed by atoms with Crippen LogP contribution in [0.4, 0.5) is 4.39 Å². The summed E-state index contributed by atoms with van der Waals surface area (Å²) < 4.78 is 36.4. The van der Waals surface area contributed by atoms with E-state index in [4.69, 9.17) is 0 Å². The highest BCUT2D eigenvalue weighted by atomic mass is 79.9. The van der Waals surface area contributed by atoms with E-state index in [0.29, 0.717) is 4.47 Å². The summed E-state index contributed by atoms with van der Waals surface area (Å²) >= 11 is 3.13. The Hall–Kier alpha value is -0.950. The van der Waals surface area contributed by atoms with Gasteiger partial charge < -0.3 is 0 Å². The van der Waals surface area contributed by atoms with E-state index < -0.39 is 15.8 Å². The average molecular weight is 293 g/mol. The van der Waals surface area contributed by atoms with Crippen molar-refractivity contribution in [1.82, 2.24) is 10.2 Å². The van der Waals surface area contributed by atoms with E-state index >= 15 is 0 Å². The first kappa shape index (κ1) is 10.6. The molecule has 80 valence electrons. The number of rotatable bonds is 1. The normalized spacial score (nSPS) is 12.2. The van der Waals surface area contributed by atoms with Crippen LogP contribution in [0.1, 0.15) is 0 Å². The Kier molecular flexibility index (Phi) is 2.31. The summed E-state index contributed by atoms with van der Waals surface area (Å²) in [5.41, 5.74) is 0.185. The zero-order valence-electron chi connectivity index (χ0n) is 7.58. The lowest BCUT2D eigenvalue weighted by atomic mass is 10.2. The summed E-state index contributed by atoms with van der Waals surface area (Å²) in [5.74, 6) is -0.720. The average Bonchev–Trinajstić information content (AvgIpc) is 2.47. The minimum Gasteiger partial charge on any atom is -0.273 e. The molecule has 1 N–H and O–H groups in total. The SMILES string of the molecule is CS(=O)(=O)c1ccc(Br)c2c(F)n[nH]c12. The predicted octanol–water partition coefficient (Wildman–Crippen LogP) is 1.87. The summed E-state index contributed by atoms with van der Waals surface area (Å²) in [6.07, 6.45) is 1.06. The molecule has 0 radical (unpaired) electrons. The molecule has 0 aliphatic rings. The third-order valence-electron chi connectivity index (χ3n) is 1.99. The standard InChI is InChI=1S/C8H6BrFN2O2S/c1-15(13,14)5-3-2-4(9)6-7(5)11-12-8(6)10/h2-3H,1H3,(H,11,12). The van der Waals surface area contributed by atoms with E-state index in [1.807, 2.05) is 0 Å². The Morgan fingerprint density at radius 2 is 2.13 bits per heavy atom. The third kappa shape index (κ3) is 1.65. The van der Waals surface area contributed by atoms with Crippen LogP contribution in [0.2, 0.25) is 0 Å². The topological polar surface area (TPSA) is 62.8 Å². The Morgan fingerprint density at radius 3 is 2.73 bits per heavy atom. The number of aromatic nitrogens is 2. The summed E-state index contributed by atoms with van der Waals surface area (Å²) in [6.45, 7) is 0. The number of hydrogen-bond acceptors (Lipinski definition) is 3. The molecular formula is C8H6BrFN2O2S. The molecular weight excluding hydrogens is 287 g/mol. The second-order valence-electron chi connectivity index (χ2n) is 3.08. The van der Waals surface area contributed by atoms with Crippen LogP contribution < -0.4 is 0 Å². The number of H-pyrrole nitrogens is 1. The smallest absolute Gasteiger partial charge is 0.241 e. The second-order valence-corrected chi connectivity index (χ2v) is 5.92. The molecule has 0 saturated heterocycles. The van der Waals surface area contributed by atoms with Crippen molar-refractivity contribution >= 4 is 36.7 Å². The lowest BCUT2D eigenvalue weighted by molar-refractivity contribution is 0.587. The number of benzene rings is 1. The fourth-order valence-corrected chi connectivity index (χ4v) is 2.67. The van der Waals surface area contributed by atoms with Gasteiger partial charge in [0.05, 0.1) is 15.8 Å². The maximum absolute atomic E-state index is 13.2. The second kappa shape index (κ2) is 3.28. The molecule has 1 heterocycles. The van der Waals surface area contributed by atoms with E-state index in [1.54, 1.807) is 0 Å². The molecule has 0 unspecified atom stereocenters. The molecule has 0 saturated carbocycles. The van der Waals surface area contributed by atoms with Crippen LogP contribution in [0.3, 0.4) is 0 Å². The monoisotopic (exact) mass is 292 g/mol. The number of halogens is 2. The van der Waals surface area contributed by atoms with Gasteiger partial charge in [-0.2, -0.15) is 4.39 Å². The van der Waals surface area contributed by atoms with Crippen molar-refractivity contribution in [2.24, 2.45) is 0 Å². The van der Waals surface area contributed by atoms with Crippen molar-refractivity contribution in [3.05, 3.63) is 22.6 Å². The fourth-order valence-electron chi connectivity index (χ4n) is 1.34. The summed E-state index contributed by atoms with van der Waals surface area (Å²) in [5, 5.41) is 5.87. The van der Waals surface area contributed by atoms with E-state index in [-0.39, 0.29) is 15.8 Å². The maximum Gasteiger partial charge on any atom is 0.241 e. The molecule has 0 amide bonds. The highest BCUT2D eigenvalue weighted by Gasteiger charge is 2.18. The Bertz CT molecular complexity index is 635. The van der Waals surface area contributed by atoms with E-state index in [2.05, 4.69) is 26.1 Å². The van der Waals surface area contributed by atoms with E-state index in [1.165, 1.54) is 12.1 Å². The molecule has 0 atom stereocenters. The van der Waals surface area contributed by atoms with Crippen LogP contribution in [0.5, 0.6) is 0 Å². The summed E-state index contributed by atoms with van der Waals surface area (Å²) in [7, 11) is -3.39. The fraction of sp³-hybridized carbons (Fsp3) is 0.125. The molecule has 1 aromatic heterocycles. The minimum absolute atomic E-state index is 0.0390. The van der Waals surface area contributed by atoms with Crippen molar-refractivity contribution < 1.29 is 12.8 Å². The Labute approximate surface area is 93.5 Å². The molecule has 0 bridgehead atoms. The molecule has 1 aromatic carbocycles. The van der Waals surface area contributed by atoms with Gasteiger partial charge in [0.1, 0.15) is 0 Å². The van der Waals surface area contributed by atoms with Gasteiger partial charge in [0.25, 0.3) is 0 Å². The van der Waals surface area contributed by atoms with Crippen molar-refractivity contribution in [3.63, 3.8) is 0 Å². The van der Waals surface area contributed by atoms with Crippen LogP contribution in [-0.4, -0.2) is 24.9 Å². The van der Waals surface area contributed by atoms with Crippen molar-refractivity contribution in [2.45, 2.75) is 4.90 Å². The van der Waals surface area contributed by atoms with Gasteiger partial charge in [0, 0.05) is 10.7 Å². The van der Waals surface area contributed by atoms with Gasteiger partial charge in [-0.3, -0.25) is 5.10 Å². The van der Waals surface area contributed by atoms with Gasteiger partial charge in [-0.15, -0.1) is 5.10 Å². The zero-order valence-corrected chi connectivity index (χ0v) is 9.99. The molecule has 4 nitrogen and oxygen atoms in total. The first-order chi connectivity index (χ1) is 6.91. The van der Waals surface area contributed by atoms with Crippen LogP contribution in [0, 0.1) is 5.95 Å². The first-order valence-corrected chi connectivity index (χ1v) is 6.62. The Balaban J connectivity index is 2.98. The Morgan fingerprint density at radius 1 is 1.47 bits per heavy atom. The van der Waals surface area contributed by atoms with Crippen molar-refractivity contribution in [1.29, 1.82) is 0 Å². The molecule has 7 heteroatoms. The molecule has 15 heavy (non-hydrogen) atoms. The lowest BCUT2D eigenvalue weighted by Gasteiger charge is -2.00. The van der Waals surface area contributed by atoms with E-state index in [0.717, 1.165) is 6.26 Å². The molecule has 0 aliphatic heterocycles. The highest BCUT2D eigenvalue weighted by molar-refractivity contribution is 9.10. The molecule has 0 spiro atoms. The van der Waals surface area contributed by atoms with Crippen LogP contribution in [0.15, 0.2) is 21.5 Å². The number of hydrogen-bond donors (Lipinski definition) is 1. The summed E-state index contributed by atoms with van der Waals surface area (Å²) in [4.78, 5) is 0.0390. The number of nitrogens with one attached hydrogen (secondary N) is 1. The van der Waals surface area contributed by atoms with Gasteiger partial charge in [0.2, 0.25) is 5.95 Å². The largest absolute Gasteiger partial charge is 0.273 e. The minimum atomic E-state index is -3.39. The van der Waals surface area contributed by atoms with Crippen molar-refractivity contribution in [3.8, 4) is 0 Å². The van der Waals surface area contributed by atoms with Gasteiger partial charge in [-0.25, -0.2) is 8.42 Å². The van der Waals surface area contributed by atoms with Crippen molar-refractivity contribution in [2.75, 3.05) is 6.26 Å². The maximum atomic E-state index is 13.2. The number of aromatic amines is 1. The lowest BCUT2D eigenvalue weighted by Crippen LogP contribution is -1.98. The molecule has 2 aromatic rings. The quantitative estimate of drug-likeness (QED) is 0.873. The van der Waals surface area contributed by atoms with Gasteiger partial charge in [-0.05, 0) is 28.1 Å². The van der Waals surface area contributed by atoms with Crippen LogP contribution in [-0.2, 0) is 9.84 Å². The summed E-state index contributed by atoms with van der Waals surface area (Å²) in [6, 6.07) is 2.89. The number of nitrogens with zero attached hydrogens (tertiary/aromatic N) is 1. The molecule has 0 fully saturated rings. The number of fused-ring (bicyclic) bond motifs is 1. The van der Waals surface area contributed by atoms with Crippen LogP contribution >= 0.6 is 15.9 Å². The third-order valence-corrected chi connectivity index (χ3v) is 3.79.